The highest BCUT2D eigenvalue weighted by molar-refractivity contribution is 5.60. The van der Waals surface area contributed by atoms with Crippen LogP contribution in [0.25, 0.3) is 11.3 Å². The maximum absolute atomic E-state index is 14.2. The van der Waals surface area contributed by atoms with E-state index in [9.17, 15) is 9.18 Å². The van der Waals surface area contributed by atoms with Crippen LogP contribution in [-0.4, -0.2) is 40.8 Å². The van der Waals surface area contributed by atoms with Gasteiger partial charge in [-0.2, -0.15) is 0 Å². The second-order valence-corrected chi connectivity index (χ2v) is 8.32. The first-order valence-corrected chi connectivity index (χ1v) is 10.9. The number of pyridine rings is 1. The second kappa shape index (κ2) is 8.70. The van der Waals surface area contributed by atoms with Crippen LogP contribution in [0.5, 0.6) is 5.75 Å². The van der Waals surface area contributed by atoms with Gasteiger partial charge in [0.25, 0.3) is 5.56 Å². The second-order valence-electron chi connectivity index (χ2n) is 8.32. The number of hydrogen-bond donors (Lipinski definition) is 0. The first-order valence-electron chi connectivity index (χ1n) is 10.9. The smallest absolute Gasteiger partial charge is 0.255 e. The molecule has 7 nitrogen and oxygen atoms in total. The molecule has 1 saturated heterocycles. The maximum Gasteiger partial charge on any atom is 0.255 e. The minimum absolute atomic E-state index is 0.167. The predicted octanol–water partition coefficient (Wildman–Crippen LogP) is 3.35. The largest absolute Gasteiger partial charge is 0.493 e. The van der Waals surface area contributed by atoms with Crippen molar-refractivity contribution < 1.29 is 13.9 Å². The van der Waals surface area contributed by atoms with E-state index in [1.165, 1.54) is 35.7 Å². The minimum Gasteiger partial charge on any atom is -0.493 e. The summed E-state index contributed by atoms with van der Waals surface area (Å²) in [6, 6.07) is 10.9. The van der Waals surface area contributed by atoms with Crippen molar-refractivity contribution in [2.24, 2.45) is 13.0 Å². The number of benzene rings is 1. The van der Waals surface area contributed by atoms with Crippen LogP contribution < -0.4 is 15.2 Å². The van der Waals surface area contributed by atoms with Crippen LogP contribution >= 0.6 is 0 Å². The van der Waals surface area contributed by atoms with E-state index in [1.54, 1.807) is 7.05 Å². The minimum atomic E-state index is -0.511. The Morgan fingerprint density at radius 2 is 2.03 bits per heavy atom. The number of morpholine rings is 1. The van der Waals surface area contributed by atoms with Crippen molar-refractivity contribution >= 4 is 5.95 Å². The number of nitrogens with zero attached hydrogens (tertiary/aromatic N) is 4. The van der Waals surface area contributed by atoms with E-state index in [2.05, 4.69) is 9.97 Å². The van der Waals surface area contributed by atoms with Crippen molar-refractivity contribution in [2.75, 3.05) is 31.2 Å². The highest BCUT2D eigenvalue weighted by Crippen LogP contribution is 2.31. The lowest BCUT2D eigenvalue weighted by molar-refractivity contribution is 0.0389. The summed E-state index contributed by atoms with van der Waals surface area (Å²) in [7, 11) is 1.67. The Bertz CT molecular complexity index is 1160. The van der Waals surface area contributed by atoms with Crippen molar-refractivity contribution in [3.63, 3.8) is 0 Å². The van der Waals surface area contributed by atoms with Crippen LogP contribution in [0.15, 0.2) is 53.6 Å². The van der Waals surface area contributed by atoms with Gasteiger partial charge in [-0.3, -0.25) is 14.3 Å². The highest BCUT2D eigenvalue weighted by atomic mass is 19.1. The van der Waals surface area contributed by atoms with Crippen LogP contribution in [-0.2, 0) is 11.8 Å². The van der Waals surface area contributed by atoms with Gasteiger partial charge in [0, 0.05) is 31.4 Å². The van der Waals surface area contributed by atoms with Crippen molar-refractivity contribution in [3.05, 3.63) is 70.5 Å². The molecule has 3 aromatic rings. The molecule has 0 spiro atoms. The lowest BCUT2D eigenvalue weighted by Crippen LogP contribution is -2.41. The van der Waals surface area contributed by atoms with Gasteiger partial charge in [-0.25, -0.2) is 9.37 Å². The Hall–Kier alpha value is -3.26. The molecule has 2 aromatic heterocycles. The summed E-state index contributed by atoms with van der Waals surface area (Å²) in [5.74, 6) is 1.55. The van der Waals surface area contributed by atoms with Crippen molar-refractivity contribution in [1.29, 1.82) is 0 Å². The van der Waals surface area contributed by atoms with Gasteiger partial charge in [-0.1, -0.05) is 12.1 Å². The fourth-order valence-electron chi connectivity index (χ4n) is 3.84. The maximum atomic E-state index is 14.2. The standard InChI is InChI=1S/C24H25FN4O3/c1-28-23(30)12-21(19-8-9-26-13-20(19)25)27-24(28)29-10-11-31-22(14-29)17-4-6-18(7-5-17)32-15-16-2-3-16/h4-9,12-13,16,22H,2-3,10-11,14-15H2,1H3/t22-/m1/s1. The van der Waals surface area contributed by atoms with Crippen LogP contribution in [0, 0.1) is 11.7 Å². The number of hydrogen-bond acceptors (Lipinski definition) is 6. The van der Waals surface area contributed by atoms with Crippen LogP contribution in [0.3, 0.4) is 0 Å². The lowest BCUT2D eigenvalue weighted by Gasteiger charge is -2.34. The molecule has 1 atom stereocenters. The van der Waals surface area contributed by atoms with E-state index in [-0.39, 0.29) is 17.2 Å². The molecule has 1 aromatic carbocycles. The van der Waals surface area contributed by atoms with Crippen molar-refractivity contribution in [1.82, 2.24) is 14.5 Å². The topological polar surface area (TPSA) is 69.5 Å². The lowest BCUT2D eigenvalue weighted by atomic mass is 10.1. The van der Waals surface area contributed by atoms with Gasteiger partial charge in [0.15, 0.2) is 5.82 Å². The summed E-state index contributed by atoms with van der Waals surface area (Å²) in [4.78, 5) is 23.0. The van der Waals surface area contributed by atoms with Gasteiger partial charge in [0.1, 0.15) is 11.9 Å². The zero-order valence-corrected chi connectivity index (χ0v) is 17.9. The summed E-state index contributed by atoms with van der Waals surface area (Å²) >= 11 is 0. The molecule has 0 N–H and O–H groups in total. The van der Waals surface area contributed by atoms with Gasteiger partial charge in [0.2, 0.25) is 5.95 Å². The highest BCUT2D eigenvalue weighted by Gasteiger charge is 2.26. The van der Waals surface area contributed by atoms with Gasteiger partial charge in [-0.15, -0.1) is 0 Å². The number of rotatable bonds is 6. The Labute approximate surface area is 185 Å². The van der Waals surface area contributed by atoms with Crippen LogP contribution in [0.1, 0.15) is 24.5 Å². The first-order chi connectivity index (χ1) is 15.6. The fourth-order valence-corrected chi connectivity index (χ4v) is 3.84. The molecule has 5 rings (SSSR count). The molecule has 2 fully saturated rings. The monoisotopic (exact) mass is 436 g/mol. The molecule has 0 bridgehead atoms. The summed E-state index contributed by atoms with van der Waals surface area (Å²) < 4.78 is 27.6. The first kappa shape index (κ1) is 20.6. The number of ether oxygens (including phenoxy) is 2. The molecule has 1 saturated carbocycles. The third-order valence-electron chi connectivity index (χ3n) is 5.94. The molecule has 1 aliphatic heterocycles. The Kier molecular flexibility index (Phi) is 5.61. The SMILES string of the molecule is Cn1c(N2CCO[C@@H](c3ccc(OCC4CC4)cc3)C2)nc(-c2ccncc2F)cc1=O. The van der Waals surface area contributed by atoms with Gasteiger partial charge in [0.05, 0.1) is 31.6 Å². The van der Waals surface area contributed by atoms with E-state index in [1.807, 2.05) is 29.2 Å². The van der Waals surface area contributed by atoms with E-state index >= 15 is 0 Å². The molecule has 166 valence electrons. The number of anilines is 1. The summed E-state index contributed by atoms with van der Waals surface area (Å²) in [6.45, 7) is 2.39. The zero-order chi connectivity index (χ0) is 22.1. The average Bonchev–Trinajstić information content (AvgIpc) is 3.65. The van der Waals surface area contributed by atoms with E-state index in [0.29, 0.717) is 37.3 Å². The molecule has 0 amide bonds. The van der Waals surface area contributed by atoms with E-state index in [0.717, 1.165) is 24.1 Å². The average molecular weight is 436 g/mol. The molecule has 8 heteroatoms. The normalized spacial score (nSPS) is 18.6. The molecular formula is C24H25FN4O3. The van der Waals surface area contributed by atoms with Gasteiger partial charge < -0.3 is 14.4 Å². The van der Waals surface area contributed by atoms with Crippen molar-refractivity contribution in [3.8, 4) is 17.0 Å². The molecule has 0 unspecified atom stereocenters. The van der Waals surface area contributed by atoms with Gasteiger partial charge in [-0.05, 0) is 42.5 Å². The molecular weight excluding hydrogens is 411 g/mol. The molecule has 1 aliphatic carbocycles. The summed E-state index contributed by atoms with van der Waals surface area (Å²) in [5.41, 5.74) is 1.34. The third-order valence-corrected chi connectivity index (χ3v) is 5.94. The molecule has 32 heavy (non-hydrogen) atoms. The van der Waals surface area contributed by atoms with Crippen LogP contribution in [0.2, 0.25) is 0 Å². The fraction of sp³-hybridized carbons (Fsp3) is 0.375. The third kappa shape index (κ3) is 4.36. The number of halogens is 1. The Morgan fingerprint density at radius 1 is 1.22 bits per heavy atom. The number of aromatic nitrogens is 3. The molecule has 3 heterocycles. The predicted molar refractivity (Wildman–Crippen MR) is 118 cm³/mol. The van der Waals surface area contributed by atoms with Crippen molar-refractivity contribution in [2.45, 2.75) is 18.9 Å². The summed E-state index contributed by atoms with van der Waals surface area (Å²) in [5, 5.41) is 0. The Balaban J connectivity index is 1.37. The zero-order valence-electron chi connectivity index (χ0n) is 17.9. The molecule has 0 radical (unpaired) electrons. The molecule has 2 aliphatic rings. The van der Waals surface area contributed by atoms with E-state index < -0.39 is 5.82 Å². The van der Waals surface area contributed by atoms with Crippen LogP contribution in [0.4, 0.5) is 10.3 Å². The van der Waals surface area contributed by atoms with Gasteiger partial charge >= 0.3 is 0 Å². The summed E-state index contributed by atoms with van der Waals surface area (Å²) in [6.07, 6.45) is 4.96. The van der Waals surface area contributed by atoms with E-state index in [4.69, 9.17) is 9.47 Å². The Morgan fingerprint density at radius 3 is 2.78 bits per heavy atom. The quantitative estimate of drug-likeness (QED) is 0.590.